The van der Waals surface area contributed by atoms with Crippen molar-refractivity contribution < 1.29 is 85.1 Å². The molecule has 0 fully saturated rings. The molecule has 1 heterocycles. The molecule has 0 aliphatic carbocycles. The summed E-state index contributed by atoms with van der Waals surface area (Å²) in [6.07, 6.45) is 0. The predicted molar refractivity (Wildman–Crippen MR) is 106 cm³/mol. The van der Waals surface area contributed by atoms with Crippen LogP contribution in [0, 0.1) is 0 Å². The van der Waals surface area contributed by atoms with Crippen LogP contribution in [-0.2, 0) is 29.1 Å². The summed E-state index contributed by atoms with van der Waals surface area (Å²) in [5, 5.41) is 0. The van der Waals surface area contributed by atoms with E-state index < -0.39 is 51.7 Å². The minimum Gasteiger partial charge on any atom is -0.744 e. The van der Waals surface area contributed by atoms with E-state index in [0.29, 0.717) is 0 Å². The zero-order valence-corrected chi connectivity index (χ0v) is 21.3. The molecule has 0 aliphatic rings. The molecule has 0 bridgehead atoms. The standard InChI is InChI=1S/C20H20O12S.Na/c1-12(21)16-3-4-17(32-16)20(24)31-8-7-30-19(23)14-9-13(18(22)29-6-5-28-2)10-15(11-14)33(25,26)27;/h3-4,9-11H,5-8H2,1-2H3,(H,25,26,27);/q;+1/p-1. The zero-order valence-electron chi connectivity index (χ0n) is 18.5. The van der Waals surface area contributed by atoms with Gasteiger partial charge in [-0.3, -0.25) is 4.79 Å². The van der Waals surface area contributed by atoms with Crippen LogP contribution in [-0.4, -0.2) is 70.2 Å². The molecular weight excluding hydrogens is 487 g/mol. The average Bonchev–Trinajstić information content (AvgIpc) is 3.26. The molecule has 34 heavy (non-hydrogen) atoms. The van der Waals surface area contributed by atoms with E-state index in [1.165, 1.54) is 26.2 Å². The van der Waals surface area contributed by atoms with Crippen molar-refractivity contribution in [2.45, 2.75) is 11.8 Å². The van der Waals surface area contributed by atoms with E-state index >= 15 is 0 Å². The second kappa shape index (κ2) is 13.4. The number of furan rings is 1. The Morgan fingerprint density at radius 2 is 1.29 bits per heavy atom. The fraction of sp³-hybridized carbons (Fsp3) is 0.300. The average molecular weight is 506 g/mol. The molecule has 0 saturated carbocycles. The number of Topliss-reactive ketones (excluding diaryl/α,β-unsaturated/α-hetero) is 1. The van der Waals surface area contributed by atoms with Gasteiger partial charge in [-0.05, 0) is 30.3 Å². The monoisotopic (exact) mass is 506 g/mol. The van der Waals surface area contributed by atoms with E-state index in [9.17, 15) is 32.1 Å². The van der Waals surface area contributed by atoms with Crippen molar-refractivity contribution in [1.82, 2.24) is 0 Å². The molecule has 12 nitrogen and oxygen atoms in total. The molecule has 178 valence electrons. The van der Waals surface area contributed by atoms with Gasteiger partial charge in [-0.1, -0.05) is 0 Å². The van der Waals surface area contributed by atoms with Crippen molar-refractivity contribution in [3.63, 3.8) is 0 Å². The summed E-state index contributed by atoms with van der Waals surface area (Å²) >= 11 is 0. The van der Waals surface area contributed by atoms with Crippen LogP contribution in [0.25, 0.3) is 0 Å². The summed E-state index contributed by atoms with van der Waals surface area (Å²) in [4.78, 5) is 46.5. The Morgan fingerprint density at radius 1 is 0.824 bits per heavy atom. The molecular formula is C20H19NaO12S. The minimum atomic E-state index is -5.01. The van der Waals surface area contributed by atoms with Crippen molar-refractivity contribution in [3.05, 3.63) is 53.0 Å². The maximum atomic E-state index is 12.3. The third kappa shape index (κ3) is 8.66. The molecule has 0 spiro atoms. The number of ketones is 1. The summed E-state index contributed by atoms with van der Waals surface area (Å²) in [5.74, 6) is -3.61. The van der Waals surface area contributed by atoms with Crippen LogP contribution in [0.1, 0.15) is 48.7 Å². The summed E-state index contributed by atoms with van der Waals surface area (Å²) in [6, 6.07) is 5.05. The number of esters is 3. The van der Waals surface area contributed by atoms with Crippen molar-refractivity contribution in [1.29, 1.82) is 0 Å². The van der Waals surface area contributed by atoms with Crippen molar-refractivity contribution in [2.24, 2.45) is 0 Å². The van der Waals surface area contributed by atoms with Gasteiger partial charge in [-0.25, -0.2) is 22.8 Å². The fourth-order valence-corrected chi connectivity index (χ4v) is 2.88. The number of methoxy groups -OCH3 is 1. The predicted octanol–water partition coefficient (Wildman–Crippen LogP) is -1.79. The molecule has 0 N–H and O–H groups in total. The van der Waals surface area contributed by atoms with Crippen molar-refractivity contribution in [2.75, 3.05) is 33.5 Å². The number of hydrogen-bond acceptors (Lipinski definition) is 12. The van der Waals surface area contributed by atoms with Crippen LogP contribution in [0.4, 0.5) is 0 Å². The minimum absolute atomic E-state index is 0. The molecule has 0 amide bonds. The summed E-state index contributed by atoms with van der Waals surface area (Å²) < 4.78 is 58.5. The number of ether oxygens (including phenoxy) is 4. The fourth-order valence-electron chi connectivity index (χ4n) is 2.34. The smallest absolute Gasteiger partial charge is 0.744 e. The van der Waals surface area contributed by atoms with Gasteiger partial charge < -0.3 is 27.9 Å². The third-order valence-corrected chi connectivity index (χ3v) is 4.70. The van der Waals surface area contributed by atoms with Crippen LogP contribution in [0.5, 0.6) is 0 Å². The molecule has 0 unspecified atom stereocenters. The molecule has 0 atom stereocenters. The van der Waals surface area contributed by atoms with Crippen molar-refractivity contribution in [3.8, 4) is 0 Å². The molecule has 2 rings (SSSR count). The third-order valence-electron chi connectivity index (χ3n) is 3.89. The van der Waals surface area contributed by atoms with Gasteiger partial charge in [0.25, 0.3) is 0 Å². The van der Waals surface area contributed by atoms with E-state index in [2.05, 4.69) is 0 Å². The Hall–Kier alpha value is -2.55. The van der Waals surface area contributed by atoms with Crippen LogP contribution in [0.3, 0.4) is 0 Å². The summed E-state index contributed by atoms with van der Waals surface area (Å²) in [5.41, 5.74) is -0.769. The van der Waals surface area contributed by atoms with Gasteiger partial charge in [-0.2, -0.15) is 0 Å². The van der Waals surface area contributed by atoms with Gasteiger partial charge in [0, 0.05) is 14.0 Å². The summed E-state index contributed by atoms with van der Waals surface area (Å²) in [7, 11) is -3.63. The number of rotatable bonds is 11. The Morgan fingerprint density at radius 3 is 1.74 bits per heavy atom. The molecule has 2 aromatic rings. The molecule has 0 aliphatic heterocycles. The van der Waals surface area contributed by atoms with Crippen LogP contribution >= 0.6 is 0 Å². The first-order valence-corrected chi connectivity index (χ1v) is 10.7. The van der Waals surface area contributed by atoms with Crippen LogP contribution < -0.4 is 29.6 Å². The number of benzene rings is 1. The zero-order chi connectivity index (χ0) is 24.6. The molecule has 1 aromatic heterocycles. The maximum Gasteiger partial charge on any atom is 1.00 e. The first kappa shape index (κ1) is 29.5. The van der Waals surface area contributed by atoms with Crippen LogP contribution in [0.15, 0.2) is 39.6 Å². The van der Waals surface area contributed by atoms with Gasteiger partial charge in [0.15, 0.2) is 11.5 Å². The second-order valence-corrected chi connectivity index (χ2v) is 7.70. The normalized spacial score (nSPS) is 10.7. The SMILES string of the molecule is COCCOC(=O)c1cc(C(=O)OCCOC(=O)c2ccc(C(C)=O)o2)cc(S(=O)(=O)[O-])c1.[Na+]. The second-order valence-electron chi connectivity index (χ2n) is 6.32. The molecule has 14 heteroatoms. The maximum absolute atomic E-state index is 12.3. The van der Waals surface area contributed by atoms with E-state index in [-0.39, 0.29) is 65.6 Å². The Labute approximate surface area is 216 Å². The number of hydrogen-bond donors (Lipinski definition) is 0. The number of carbonyl (C=O) groups excluding carboxylic acids is 4. The number of carbonyl (C=O) groups is 4. The molecule has 0 radical (unpaired) electrons. The Kier molecular flexibility index (Phi) is 11.6. The van der Waals surface area contributed by atoms with E-state index in [1.807, 2.05) is 0 Å². The van der Waals surface area contributed by atoms with Gasteiger partial charge >= 0.3 is 47.5 Å². The van der Waals surface area contributed by atoms with Gasteiger partial charge in [0.1, 0.15) is 29.9 Å². The van der Waals surface area contributed by atoms with Gasteiger partial charge in [-0.15, -0.1) is 0 Å². The van der Waals surface area contributed by atoms with E-state index in [0.717, 1.165) is 18.2 Å². The Balaban J connectivity index is 0.00000578. The Bertz CT molecular complexity index is 1150. The van der Waals surface area contributed by atoms with Gasteiger partial charge in [0.05, 0.1) is 22.6 Å². The largest absolute Gasteiger partial charge is 1.00 e. The molecule has 1 aromatic carbocycles. The first-order chi connectivity index (χ1) is 15.5. The topological polar surface area (TPSA) is 176 Å². The quantitative estimate of drug-likeness (QED) is 0.0837. The summed E-state index contributed by atoms with van der Waals surface area (Å²) in [6.45, 7) is 0.357. The van der Waals surface area contributed by atoms with Crippen LogP contribution in [0.2, 0.25) is 0 Å². The van der Waals surface area contributed by atoms with E-state index in [4.69, 9.17) is 23.4 Å². The first-order valence-electron chi connectivity index (χ1n) is 9.25. The van der Waals surface area contributed by atoms with Gasteiger partial charge in [0.2, 0.25) is 5.76 Å². The van der Waals surface area contributed by atoms with E-state index in [1.54, 1.807) is 0 Å². The molecule has 0 saturated heterocycles. The van der Waals surface area contributed by atoms with Crippen molar-refractivity contribution >= 4 is 33.8 Å².